The summed E-state index contributed by atoms with van der Waals surface area (Å²) in [6, 6.07) is 3.51. The van der Waals surface area contributed by atoms with Crippen molar-refractivity contribution in [3.05, 3.63) is 36.5 Å². The monoisotopic (exact) mass is 220 g/mol. The number of nitrogens with one attached hydrogen (secondary N) is 1. The predicted octanol–water partition coefficient (Wildman–Crippen LogP) is 1.50. The molecule has 0 saturated carbocycles. The van der Waals surface area contributed by atoms with Crippen LogP contribution in [0.4, 0.5) is 0 Å². The first-order chi connectivity index (χ1) is 7.25. The van der Waals surface area contributed by atoms with Crippen molar-refractivity contribution in [3.63, 3.8) is 0 Å². The summed E-state index contributed by atoms with van der Waals surface area (Å²) < 4.78 is 5.07. The van der Waals surface area contributed by atoms with Crippen LogP contribution in [0, 0.1) is 5.41 Å². The number of nitrogens with two attached hydrogens (primary N) is 1. The first-order valence-corrected chi connectivity index (χ1v) is 4.95. The highest BCUT2D eigenvalue weighted by Crippen LogP contribution is 2.24. The lowest BCUT2D eigenvalue weighted by atomic mass is 10.3. The Morgan fingerprint density at radius 1 is 1.40 bits per heavy atom. The minimum Gasteiger partial charge on any atom is -0.440 e. The quantitative estimate of drug-likeness (QED) is 0.604. The molecule has 6 heteroatoms. The maximum Gasteiger partial charge on any atom is 0.260 e. The van der Waals surface area contributed by atoms with Crippen molar-refractivity contribution >= 4 is 17.6 Å². The van der Waals surface area contributed by atoms with Crippen LogP contribution in [0.3, 0.4) is 0 Å². The van der Waals surface area contributed by atoms with E-state index in [2.05, 4.69) is 9.97 Å². The largest absolute Gasteiger partial charge is 0.440 e. The standard InChI is InChI=1S/C9H8N4OS/c10-8(11)7-2-1-6(5-13-7)15-9-12-3-4-14-9/h1-5H,(H3,10,11). The lowest BCUT2D eigenvalue weighted by Crippen LogP contribution is -2.12. The Hall–Kier alpha value is -1.82. The first kappa shape index (κ1) is 9.72. The van der Waals surface area contributed by atoms with Crippen LogP contribution in [0.15, 0.2) is 45.3 Å². The van der Waals surface area contributed by atoms with E-state index in [0.717, 1.165) is 4.90 Å². The molecule has 15 heavy (non-hydrogen) atoms. The van der Waals surface area contributed by atoms with Gasteiger partial charge < -0.3 is 10.2 Å². The number of pyridine rings is 1. The second kappa shape index (κ2) is 4.14. The summed E-state index contributed by atoms with van der Waals surface area (Å²) in [7, 11) is 0. The predicted molar refractivity (Wildman–Crippen MR) is 55.9 cm³/mol. The van der Waals surface area contributed by atoms with Gasteiger partial charge in [0.2, 0.25) is 0 Å². The third-order valence-electron chi connectivity index (χ3n) is 1.63. The van der Waals surface area contributed by atoms with Gasteiger partial charge in [-0.05, 0) is 23.9 Å². The summed E-state index contributed by atoms with van der Waals surface area (Å²) in [6.07, 6.45) is 4.73. The van der Waals surface area contributed by atoms with Gasteiger partial charge in [-0.15, -0.1) is 0 Å². The van der Waals surface area contributed by atoms with Crippen molar-refractivity contribution in [3.8, 4) is 0 Å². The Morgan fingerprint density at radius 3 is 2.80 bits per heavy atom. The van der Waals surface area contributed by atoms with E-state index in [-0.39, 0.29) is 5.84 Å². The molecule has 0 radical (unpaired) electrons. The molecule has 0 fully saturated rings. The van der Waals surface area contributed by atoms with Gasteiger partial charge in [0.25, 0.3) is 5.22 Å². The number of hydrogen-bond donors (Lipinski definition) is 2. The van der Waals surface area contributed by atoms with Crippen molar-refractivity contribution < 1.29 is 4.42 Å². The lowest BCUT2D eigenvalue weighted by molar-refractivity contribution is 0.454. The normalized spacial score (nSPS) is 10.1. The molecular formula is C9H8N4OS. The molecule has 2 aromatic heterocycles. The van der Waals surface area contributed by atoms with Gasteiger partial charge in [0.05, 0.1) is 6.20 Å². The number of amidine groups is 1. The molecule has 0 amide bonds. The van der Waals surface area contributed by atoms with Gasteiger partial charge in [-0.1, -0.05) is 0 Å². The zero-order chi connectivity index (χ0) is 10.7. The fourth-order valence-electron chi connectivity index (χ4n) is 0.962. The maximum atomic E-state index is 7.18. The summed E-state index contributed by atoms with van der Waals surface area (Å²) in [5.41, 5.74) is 5.75. The zero-order valence-corrected chi connectivity index (χ0v) is 8.49. The van der Waals surface area contributed by atoms with Crippen LogP contribution in [0.25, 0.3) is 0 Å². The topological polar surface area (TPSA) is 88.8 Å². The highest BCUT2D eigenvalue weighted by atomic mass is 32.2. The van der Waals surface area contributed by atoms with Crippen LogP contribution in [-0.4, -0.2) is 15.8 Å². The summed E-state index contributed by atoms with van der Waals surface area (Å²) >= 11 is 1.36. The molecule has 0 aromatic carbocycles. The molecule has 2 heterocycles. The van der Waals surface area contributed by atoms with Gasteiger partial charge in [0.15, 0.2) is 0 Å². The van der Waals surface area contributed by atoms with E-state index in [1.165, 1.54) is 18.0 Å². The van der Waals surface area contributed by atoms with Gasteiger partial charge in [0, 0.05) is 11.1 Å². The van der Waals surface area contributed by atoms with Gasteiger partial charge in [0.1, 0.15) is 17.8 Å². The van der Waals surface area contributed by atoms with Crippen LogP contribution < -0.4 is 5.73 Å². The van der Waals surface area contributed by atoms with Crippen LogP contribution in [0.2, 0.25) is 0 Å². The Labute approximate surface area is 90.2 Å². The van der Waals surface area contributed by atoms with Gasteiger partial charge in [-0.2, -0.15) is 0 Å². The number of nitrogen functional groups attached to an aromatic ring is 1. The fourth-order valence-corrected chi connectivity index (χ4v) is 1.62. The molecule has 5 nitrogen and oxygen atoms in total. The highest BCUT2D eigenvalue weighted by molar-refractivity contribution is 7.99. The third-order valence-corrected chi connectivity index (χ3v) is 2.48. The molecule has 2 rings (SSSR count). The third kappa shape index (κ3) is 2.35. The Balaban J connectivity index is 2.14. The molecule has 0 aliphatic rings. The fraction of sp³-hybridized carbons (Fsp3) is 0. The summed E-state index contributed by atoms with van der Waals surface area (Å²) in [4.78, 5) is 8.88. The average Bonchev–Trinajstić information content (AvgIpc) is 2.71. The van der Waals surface area contributed by atoms with Crippen LogP contribution in [0.5, 0.6) is 0 Å². The van der Waals surface area contributed by atoms with E-state index in [1.54, 1.807) is 18.5 Å². The van der Waals surface area contributed by atoms with Crippen LogP contribution in [0.1, 0.15) is 5.69 Å². The Bertz CT molecular complexity index is 451. The number of hydrogen-bond acceptors (Lipinski definition) is 5. The number of nitrogens with zero attached hydrogens (tertiary/aromatic N) is 2. The summed E-state index contributed by atoms with van der Waals surface area (Å²) in [5, 5.41) is 7.74. The van der Waals surface area contributed by atoms with E-state index >= 15 is 0 Å². The van der Waals surface area contributed by atoms with Crippen molar-refractivity contribution in [2.45, 2.75) is 10.1 Å². The zero-order valence-electron chi connectivity index (χ0n) is 7.68. The molecule has 3 N–H and O–H groups in total. The molecule has 0 spiro atoms. The van der Waals surface area contributed by atoms with E-state index in [4.69, 9.17) is 15.6 Å². The molecule has 0 unspecified atom stereocenters. The maximum absolute atomic E-state index is 7.18. The van der Waals surface area contributed by atoms with Crippen molar-refractivity contribution in [2.75, 3.05) is 0 Å². The SMILES string of the molecule is N=C(N)c1ccc(Sc2ncco2)cn1. The van der Waals surface area contributed by atoms with Crippen molar-refractivity contribution in [2.24, 2.45) is 5.73 Å². The van der Waals surface area contributed by atoms with E-state index in [9.17, 15) is 0 Å². The molecule has 0 saturated heterocycles. The number of aromatic nitrogens is 2. The van der Waals surface area contributed by atoms with Gasteiger partial charge >= 0.3 is 0 Å². The smallest absolute Gasteiger partial charge is 0.260 e. The molecule has 0 bridgehead atoms. The number of rotatable bonds is 3. The van der Waals surface area contributed by atoms with E-state index in [0.29, 0.717) is 10.9 Å². The van der Waals surface area contributed by atoms with E-state index in [1.807, 2.05) is 6.07 Å². The Kier molecular flexibility index (Phi) is 2.68. The van der Waals surface area contributed by atoms with Crippen molar-refractivity contribution in [1.29, 1.82) is 5.41 Å². The minimum absolute atomic E-state index is 0.0392. The van der Waals surface area contributed by atoms with Crippen LogP contribution in [-0.2, 0) is 0 Å². The summed E-state index contributed by atoms with van der Waals surface area (Å²) in [5.74, 6) is -0.0392. The highest BCUT2D eigenvalue weighted by Gasteiger charge is 2.03. The Morgan fingerprint density at radius 2 is 2.27 bits per heavy atom. The molecular weight excluding hydrogens is 212 g/mol. The molecule has 76 valence electrons. The second-order valence-corrected chi connectivity index (χ2v) is 3.72. The van der Waals surface area contributed by atoms with Crippen molar-refractivity contribution in [1.82, 2.24) is 9.97 Å². The molecule has 0 atom stereocenters. The number of oxazole rings is 1. The van der Waals surface area contributed by atoms with E-state index < -0.39 is 0 Å². The molecule has 0 aliphatic carbocycles. The summed E-state index contributed by atoms with van der Waals surface area (Å²) in [6.45, 7) is 0. The second-order valence-electron chi connectivity index (χ2n) is 2.69. The molecule has 0 aliphatic heterocycles. The van der Waals surface area contributed by atoms with Gasteiger partial charge in [-0.3, -0.25) is 10.4 Å². The lowest BCUT2D eigenvalue weighted by Gasteiger charge is -1.98. The first-order valence-electron chi connectivity index (χ1n) is 4.13. The average molecular weight is 220 g/mol. The van der Waals surface area contributed by atoms with Gasteiger partial charge in [-0.25, -0.2) is 4.98 Å². The minimum atomic E-state index is -0.0392. The molecule has 2 aromatic rings. The van der Waals surface area contributed by atoms with Crippen LogP contribution >= 0.6 is 11.8 Å².